The average molecular weight is 457 g/mol. The maximum atomic E-state index is 12.8. The molecule has 0 radical (unpaired) electrons. The molecule has 1 aromatic rings. The van der Waals surface area contributed by atoms with Crippen LogP contribution in [0, 0.1) is 0 Å². The number of urea groups is 1. The lowest BCUT2D eigenvalue weighted by Gasteiger charge is -2.41. The van der Waals surface area contributed by atoms with E-state index in [9.17, 15) is 13.2 Å². The Labute approximate surface area is 185 Å². The van der Waals surface area contributed by atoms with E-state index in [4.69, 9.17) is 11.6 Å². The zero-order valence-corrected chi connectivity index (χ0v) is 19.7. The van der Waals surface area contributed by atoms with Crippen molar-refractivity contribution in [3.05, 3.63) is 28.3 Å². The maximum absolute atomic E-state index is 12.8. The molecule has 2 fully saturated rings. The maximum Gasteiger partial charge on any atom is 0.332 e. The third-order valence-corrected chi connectivity index (χ3v) is 8.11. The number of anilines is 1. The number of rotatable bonds is 6. The van der Waals surface area contributed by atoms with Gasteiger partial charge in [0.2, 0.25) is 10.0 Å². The molecule has 2 aliphatic heterocycles. The predicted molar refractivity (Wildman–Crippen MR) is 122 cm³/mol. The number of likely N-dealkylation sites (tertiary alicyclic amines) is 1. The highest BCUT2D eigenvalue weighted by Gasteiger charge is 2.35. The molecule has 168 valence electrons. The normalized spacial score (nSPS) is 19.2. The van der Waals surface area contributed by atoms with E-state index in [2.05, 4.69) is 20.3 Å². The van der Waals surface area contributed by atoms with Crippen LogP contribution in [0.3, 0.4) is 0 Å². The van der Waals surface area contributed by atoms with Gasteiger partial charge in [-0.05, 0) is 61.0 Å². The number of hydrogen-bond acceptors (Lipinski definition) is 5. The Morgan fingerprint density at radius 3 is 2.07 bits per heavy atom. The highest BCUT2D eigenvalue weighted by molar-refractivity contribution is 7.90. The number of sulfonamides is 1. The minimum Gasteiger partial charge on any atom is -0.314 e. The summed E-state index contributed by atoms with van der Waals surface area (Å²) in [5, 5.41) is 6.10. The zero-order chi connectivity index (χ0) is 22.1. The lowest BCUT2D eigenvalue weighted by molar-refractivity contribution is 0.122. The third kappa shape index (κ3) is 5.28. The lowest BCUT2D eigenvalue weighted by Crippen LogP contribution is -2.59. The number of halogens is 1. The van der Waals surface area contributed by atoms with Gasteiger partial charge in [0, 0.05) is 29.8 Å². The van der Waals surface area contributed by atoms with Gasteiger partial charge in [0.1, 0.15) is 0 Å². The molecule has 1 aromatic carbocycles. The zero-order valence-electron chi connectivity index (χ0n) is 18.2. The van der Waals surface area contributed by atoms with Crippen LogP contribution in [0.5, 0.6) is 0 Å². The molecule has 2 amide bonds. The van der Waals surface area contributed by atoms with Crippen molar-refractivity contribution < 1.29 is 13.2 Å². The van der Waals surface area contributed by atoms with Gasteiger partial charge in [0.25, 0.3) is 0 Å². The first-order valence-corrected chi connectivity index (χ1v) is 12.6. The third-order valence-electron chi connectivity index (χ3n) is 6.07. The first kappa shape index (κ1) is 23.3. The number of nitrogens with zero attached hydrogens (tertiary/aromatic N) is 1. The van der Waals surface area contributed by atoms with E-state index in [0.29, 0.717) is 29.6 Å². The first-order valence-electron chi connectivity index (χ1n) is 10.7. The van der Waals surface area contributed by atoms with Gasteiger partial charge in [-0.3, -0.25) is 4.90 Å². The standard InChI is InChI=1S/C21H33ClN4O3S/c1-13(2)18-9-15(22)10-19(14(3)4)20(18)24-21(27)25-30(28,29)17-5-7-26(8-6-17)16-11-23-12-16/h9-10,13-14,16-17,23H,5-8,11-12H2,1-4H3,(H2,24,25,27). The monoisotopic (exact) mass is 456 g/mol. The molecule has 2 aliphatic rings. The Bertz CT molecular complexity index is 847. The molecule has 7 nitrogen and oxygen atoms in total. The van der Waals surface area contributed by atoms with Crippen LogP contribution in [0.2, 0.25) is 5.02 Å². The van der Waals surface area contributed by atoms with Crippen LogP contribution in [0.1, 0.15) is 63.5 Å². The summed E-state index contributed by atoms with van der Waals surface area (Å²) in [7, 11) is -3.75. The van der Waals surface area contributed by atoms with Crippen molar-refractivity contribution in [2.75, 3.05) is 31.5 Å². The Morgan fingerprint density at radius 1 is 1.10 bits per heavy atom. The van der Waals surface area contributed by atoms with Gasteiger partial charge in [0.15, 0.2) is 0 Å². The van der Waals surface area contributed by atoms with Crippen LogP contribution in [-0.4, -0.2) is 56.8 Å². The summed E-state index contributed by atoms with van der Waals surface area (Å²) in [5.41, 5.74) is 2.42. The summed E-state index contributed by atoms with van der Waals surface area (Å²) in [4.78, 5) is 15.0. The fourth-order valence-corrected chi connectivity index (χ4v) is 5.68. The van der Waals surface area contributed by atoms with Crippen molar-refractivity contribution in [2.45, 2.75) is 63.7 Å². The van der Waals surface area contributed by atoms with Crippen molar-refractivity contribution in [3.63, 3.8) is 0 Å². The molecule has 2 heterocycles. The molecule has 2 saturated heterocycles. The highest BCUT2D eigenvalue weighted by Crippen LogP contribution is 2.35. The van der Waals surface area contributed by atoms with Crippen LogP contribution in [0.4, 0.5) is 10.5 Å². The number of carbonyl (C=O) groups excluding carboxylic acids is 1. The summed E-state index contributed by atoms with van der Waals surface area (Å²) in [6.07, 6.45) is 1.07. The van der Waals surface area contributed by atoms with E-state index in [1.807, 2.05) is 39.8 Å². The predicted octanol–water partition coefficient (Wildman–Crippen LogP) is 3.47. The minimum atomic E-state index is -3.75. The van der Waals surface area contributed by atoms with E-state index in [0.717, 1.165) is 37.3 Å². The van der Waals surface area contributed by atoms with E-state index in [1.54, 1.807) is 0 Å². The Hall–Kier alpha value is -1.35. The molecule has 9 heteroatoms. The molecular formula is C21H33ClN4O3S. The van der Waals surface area contributed by atoms with Gasteiger partial charge in [-0.25, -0.2) is 17.9 Å². The van der Waals surface area contributed by atoms with Crippen molar-refractivity contribution in [1.29, 1.82) is 0 Å². The van der Waals surface area contributed by atoms with Gasteiger partial charge in [-0.1, -0.05) is 39.3 Å². The van der Waals surface area contributed by atoms with Gasteiger partial charge in [-0.2, -0.15) is 0 Å². The van der Waals surface area contributed by atoms with Gasteiger partial charge in [0.05, 0.1) is 5.25 Å². The molecule has 0 saturated carbocycles. The van der Waals surface area contributed by atoms with Gasteiger partial charge in [-0.15, -0.1) is 0 Å². The van der Waals surface area contributed by atoms with E-state index < -0.39 is 21.3 Å². The summed E-state index contributed by atoms with van der Waals surface area (Å²) in [6.45, 7) is 11.5. The number of nitrogens with one attached hydrogen (secondary N) is 3. The molecule has 3 rings (SSSR count). The number of hydrogen-bond donors (Lipinski definition) is 3. The Balaban J connectivity index is 1.69. The summed E-state index contributed by atoms with van der Waals surface area (Å²) >= 11 is 6.27. The summed E-state index contributed by atoms with van der Waals surface area (Å²) in [5.74, 6) is 0.247. The fourth-order valence-electron chi connectivity index (χ4n) is 4.14. The quantitative estimate of drug-likeness (QED) is 0.609. The lowest BCUT2D eigenvalue weighted by atomic mass is 9.92. The van der Waals surface area contributed by atoms with Crippen molar-refractivity contribution >= 4 is 33.3 Å². The van der Waals surface area contributed by atoms with Crippen molar-refractivity contribution in [3.8, 4) is 0 Å². The second-order valence-corrected chi connectivity index (χ2v) is 11.3. The van der Waals surface area contributed by atoms with Gasteiger partial charge >= 0.3 is 6.03 Å². The van der Waals surface area contributed by atoms with Gasteiger partial charge < -0.3 is 10.6 Å². The molecule has 0 unspecified atom stereocenters. The van der Waals surface area contributed by atoms with E-state index in [1.165, 1.54) is 0 Å². The Morgan fingerprint density at radius 2 is 1.63 bits per heavy atom. The van der Waals surface area contributed by atoms with Crippen LogP contribution in [0.15, 0.2) is 12.1 Å². The molecule has 0 bridgehead atoms. The molecule has 30 heavy (non-hydrogen) atoms. The smallest absolute Gasteiger partial charge is 0.314 e. The van der Waals surface area contributed by atoms with Crippen molar-refractivity contribution in [1.82, 2.24) is 14.9 Å². The first-order chi connectivity index (χ1) is 14.1. The van der Waals surface area contributed by atoms with Crippen molar-refractivity contribution in [2.24, 2.45) is 0 Å². The SMILES string of the molecule is CC(C)c1cc(Cl)cc(C(C)C)c1NC(=O)NS(=O)(=O)C1CCN(C2CNC2)CC1. The van der Waals surface area contributed by atoms with E-state index >= 15 is 0 Å². The van der Waals surface area contributed by atoms with Crippen LogP contribution >= 0.6 is 11.6 Å². The van der Waals surface area contributed by atoms with Crippen LogP contribution in [0.25, 0.3) is 0 Å². The summed E-state index contributed by atoms with van der Waals surface area (Å²) in [6, 6.07) is 3.45. The molecule has 0 atom stereocenters. The molecule has 3 N–H and O–H groups in total. The highest BCUT2D eigenvalue weighted by atomic mass is 35.5. The molecule has 0 spiro atoms. The average Bonchev–Trinajstić information content (AvgIpc) is 2.61. The number of amides is 2. The molecule has 0 aliphatic carbocycles. The van der Waals surface area contributed by atoms with Crippen LogP contribution < -0.4 is 15.4 Å². The topological polar surface area (TPSA) is 90.5 Å². The molecule has 0 aromatic heterocycles. The largest absolute Gasteiger partial charge is 0.332 e. The Kier molecular flexibility index (Phi) is 7.32. The number of piperidine rings is 1. The summed E-state index contributed by atoms with van der Waals surface area (Å²) < 4.78 is 27.9. The fraction of sp³-hybridized carbons (Fsp3) is 0.667. The minimum absolute atomic E-state index is 0.124. The number of carbonyl (C=O) groups is 1. The molecular weight excluding hydrogens is 424 g/mol. The second kappa shape index (κ2) is 9.42. The van der Waals surface area contributed by atoms with E-state index in [-0.39, 0.29) is 11.8 Å². The number of benzene rings is 1. The second-order valence-electron chi connectivity index (χ2n) is 8.92. The van der Waals surface area contributed by atoms with Crippen LogP contribution in [-0.2, 0) is 10.0 Å².